The first-order chi connectivity index (χ1) is 10.5. The number of aliphatic hydroxyl groups excluding tert-OH is 1. The zero-order chi connectivity index (χ0) is 15.7. The first-order valence-corrected chi connectivity index (χ1v) is 7.53. The Morgan fingerprint density at radius 3 is 2.64 bits per heavy atom. The highest BCUT2D eigenvalue weighted by atomic mass is 16.3. The Morgan fingerprint density at radius 1 is 1.27 bits per heavy atom. The highest BCUT2D eigenvalue weighted by molar-refractivity contribution is 5.68. The first kappa shape index (κ1) is 14.9. The van der Waals surface area contributed by atoms with Gasteiger partial charge in [-0.15, -0.1) is 0 Å². The minimum absolute atomic E-state index is 0.0108. The molecule has 0 aliphatic heterocycles. The average molecular weight is 298 g/mol. The zero-order valence-corrected chi connectivity index (χ0v) is 13.1. The molecule has 3 rings (SSSR count). The summed E-state index contributed by atoms with van der Waals surface area (Å²) in [5.74, 6) is 0.692. The maximum atomic E-state index is 9.58. The molecule has 0 saturated heterocycles. The lowest BCUT2D eigenvalue weighted by atomic mass is 9.76. The van der Waals surface area contributed by atoms with Gasteiger partial charge in [0.25, 0.3) is 0 Å². The molecule has 0 fully saturated rings. The Hall–Kier alpha value is -1.98. The van der Waals surface area contributed by atoms with Crippen molar-refractivity contribution in [1.29, 1.82) is 0 Å². The quantitative estimate of drug-likeness (QED) is 0.895. The van der Waals surface area contributed by atoms with E-state index in [4.69, 9.17) is 5.73 Å². The van der Waals surface area contributed by atoms with E-state index >= 15 is 0 Å². The van der Waals surface area contributed by atoms with Crippen molar-refractivity contribution in [2.24, 2.45) is 5.73 Å². The number of aliphatic hydroxyl groups is 1. The molecule has 22 heavy (non-hydrogen) atoms. The number of rotatable bonds is 3. The van der Waals surface area contributed by atoms with Gasteiger partial charge in [-0.05, 0) is 36.0 Å². The lowest BCUT2D eigenvalue weighted by Gasteiger charge is -2.34. The Morgan fingerprint density at radius 2 is 2.00 bits per heavy atom. The summed E-state index contributed by atoms with van der Waals surface area (Å²) in [6.45, 7) is 0.0108. The summed E-state index contributed by atoms with van der Waals surface area (Å²) in [6.07, 6.45) is 6.10. The summed E-state index contributed by atoms with van der Waals surface area (Å²) in [7, 11) is 3.84. The molecule has 0 saturated carbocycles. The smallest absolute Gasteiger partial charge is 0.224 e. The fourth-order valence-electron chi connectivity index (χ4n) is 3.00. The Kier molecular flexibility index (Phi) is 3.85. The van der Waals surface area contributed by atoms with E-state index in [1.165, 1.54) is 11.1 Å². The van der Waals surface area contributed by atoms with Crippen molar-refractivity contribution in [3.63, 3.8) is 0 Å². The van der Waals surface area contributed by atoms with Gasteiger partial charge < -0.3 is 15.7 Å². The van der Waals surface area contributed by atoms with Gasteiger partial charge in [-0.2, -0.15) is 0 Å². The van der Waals surface area contributed by atoms with Crippen LogP contribution < -0.4 is 10.6 Å². The van der Waals surface area contributed by atoms with Crippen LogP contribution in [0.2, 0.25) is 0 Å². The van der Waals surface area contributed by atoms with E-state index in [2.05, 4.69) is 28.2 Å². The van der Waals surface area contributed by atoms with Crippen LogP contribution in [-0.4, -0.2) is 41.3 Å². The maximum Gasteiger partial charge on any atom is 0.224 e. The minimum Gasteiger partial charge on any atom is -0.394 e. The number of hydrogen-bond donors (Lipinski definition) is 2. The fourth-order valence-corrected chi connectivity index (χ4v) is 3.00. The lowest BCUT2D eigenvalue weighted by Crippen LogP contribution is -2.48. The predicted molar refractivity (Wildman–Crippen MR) is 87.8 cm³/mol. The normalized spacial score (nSPS) is 20.5. The monoisotopic (exact) mass is 298 g/mol. The summed E-state index contributed by atoms with van der Waals surface area (Å²) in [6, 6.07) is 6.29. The van der Waals surface area contributed by atoms with Crippen LogP contribution in [0.15, 0.2) is 30.6 Å². The second kappa shape index (κ2) is 5.66. The maximum absolute atomic E-state index is 9.58. The molecule has 1 aliphatic rings. The molecule has 1 aromatic heterocycles. The third kappa shape index (κ3) is 2.69. The number of aryl methyl sites for hydroxylation is 1. The van der Waals surface area contributed by atoms with Crippen molar-refractivity contribution >= 4 is 5.95 Å². The Labute approximate surface area is 130 Å². The summed E-state index contributed by atoms with van der Waals surface area (Å²) in [4.78, 5) is 10.7. The highest BCUT2D eigenvalue weighted by Gasteiger charge is 2.31. The molecule has 0 spiro atoms. The van der Waals surface area contributed by atoms with Crippen LogP contribution >= 0.6 is 0 Å². The average Bonchev–Trinajstić information content (AvgIpc) is 2.54. The lowest BCUT2D eigenvalue weighted by molar-refractivity contribution is 0.181. The van der Waals surface area contributed by atoms with Gasteiger partial charge in [-0.25, -0.2) is 9.97 Å². The standard InChI is InChI=1S/C17H22N4O/c1-21(2)16-19-9-13(10-20-16)14-5-3-4-12-6-7-17(18,11-22)8-15(12)14/h3-5,9-10,22H,6-8,11,18H2,1-2H3. The molecule has 1 aromatic carbocycles. The molecule has 0 amide bonds. The largest absolute Gasteiger partial charge is 0.394 e. The number of nitrogens with zero attached hydrogens (tertiary/aromatic N) is 3. The number of aromatic nitrogens is 2. The van der Waals surface area contributed by atoms with Crippen molar-refractivity contribution in [2.75, 3.05) is 25.6 Å². The van der Waals surface area contributed by atoms with E-state index in [-0.39, 0.29) is 6.61 Å². The SMILES string of the molecule is CN(C)c1ncc(-c2cccc3c2CC(N)(CO)CC3)cn1. The first-order valence-electron chi connectivity index (χ1n) is 7.53. The van der Waals surface area contributed by atoms with Gasteiger partial charge in [0.05, 0.1) is 6.61 Å². The van der Waals surface area contributed by atoms with Gasteiger partial charge in [0, 0.05) is 37.6 Å². The van der Waals surface area contributed by atoms with E-state index in [1.54, 1.807) is 0 Å². The van der Waals surface area contributed by atoms with Crippen LogP contribution in [0.3, 0.4) is 0 Å². The minimum atomic E-state index is -0.520. The number of nitrogens with two attached hydrogens (primary N) is 1. The number of hydrogen-bond acceptors (Lipinski definition) is 5. The van der Waals surface area contributed by atoms with Gasteiger partial charge in [-0.3, -0.25) is 0 Å². The zero-order valence-electron chi connectivity index (χ0n) is 13.1. The van der Waals surface area contributed by atoms with Crippen molar-refractivity contribution in [3.8, 4) is 11.1 Å². The molecule has 1 unspecified atom stereocenters. The van der Waals surface area contributed by atoms with Crippen molar-refractivity contribution in [1.82, 2.24) is 9.97 Å². The molecule has 5 heteroatoms. The Bertz CT molecular complexity index is 669. The molecule has 116 valence electrons. The number of anilines is 1. The predicted octanol–water partition coefficient (Wildman–Crippen LogP) is 1.39. The van der Waals surface area contributed by atoms with Crippen LogP contribution in [-0.2, 0) is 12.8 Å². The van der Waals surface area contributed by atoms with Crippen molar-refractivity contribution in [2.45, 2.75) is 24.8 Å². The fraction of sp³-hybridized carbons (Fsp3) is 0.412. The molecule has 0 radical (unpaired) electrons. The number of fused-ring (bicyclic) bond motifs is 1. The van der Waals surface area contributed by atoms with E-state index in [0.717, 1.165) is 24.0 Å². The molecule has 5 nitrogen and oxygen atoms in total. The summed E-state index contributed by atoms with van der Waals surface area (Å²) in [5, 5.41) is 9.58. The third-order valence-electron chi connectivity index (χ3n) is 4.36. The summed E-state index contributed by atoms with van der Waals surface area (Å²) in [5.41, 5.74) is 10.4. The Balaban J connectivity index is 2.02. The molecule has 1 aliphatic carbocycles. The van der Waals surface area contributed by atoms with E-state index < -0.39 is 5.54 Å². The van der Waals surface area contributed by atoms with Gasteiger partial charge in [0.2, 0.25) is 5.95 Å². The van der Waals surface area contributed by atoms with Gasteiger partial charge >= 0.3 is 0 Å². The topological polar surface area (TPSA) is 75.3 Å². The summed E-state index contributed by atoms with van der Waals surface area (Å²) >= 11 is 0. The van der Waals surface area contributed by atoms with E-state index in [9.17, 15) is 5.11 Å². The molecular weight excluding hydrogens is 276 g/mol. The van der Waals surface area contributed by atoms with Crippen LogP contribution in [0, 0.1) is 0 Å². The molecule has 1 heterocycles. The van der Waals surface area contributed by atoms with Gasteiger partial charge in [0.15, 0.2) is 0 Å². The second-order valence-electron chi connectivity index (χ2n) is 6.31. The molecule has 0 bridgehead atoms. The van der Waals surface area contributed by atoms with Crippen molar-refractivity contribution in [3.05, 3.63) is 41.7 Å². The van der Waals surface area contributed by atoms with Crippen LogP contribution in [0.1, 0.15) is 17.5 Å². The van der Waals surface area contributed by atoms with E-state index in [1.807, 2.05) is 31.4 Å². The number of benzene rings is 1. The molecular formula is C17H22N4O. The van der Waals surface area contributed by atoms with Gasteiger partial charge in [-0.1, -0.05) is 18.2 Å². The van der Waals surface area contributed by atoms with Crippen LogP contribution in [0.25, 0.3) is 11.1 Å². The van der Waals surface area contributed by atoms with Crippen LogP contribution in [0.5, 0.6) is 0 Å². The second-order valence-corrected chi connectivity index (χ2v) is 6.31. The summed E-state index contributed by atoms with van der Waals surface area (Å²) < 4.78 is 0. The highest BCUT2D eigenvalue weighted by Crippen LogP contribution is 2.34. The van der Waals surface area contributed by atoms with E-state index in [0.29, 0.717) is 12.4 Å². The van der Waals surface area contributed by atoms with Gasteiger partial charge in [0.1, 0.15) is 0 Å². The molecule has 3 N–H and O–H groups in total. The van der Waals surface area contributed by atoms with Crippen LogP contribution in [0.4, 0.5) is 5.95 Å². The van der Waals surface area contributed by atoms with Crippen molar-refractivity contribution < 1.29 is 5.11 Å². The third-order valence-corrected chi connectivity index (χ3v) is 4.36. The molecule has 2 aromatic rings. The molecule has 1 atom stereocenters.